The molecule has 21 heavy (non-hydrogen) atoms. The molecule has 0 nitrogen and oxygen atoms in total. The van der Waals surface area contributed by atoms with Crippen molar-refractivity contribution >= 4 is 10.8 Å². The first-order chi connectivity index (χ1) is 10.1. The monoisotopic (exact) mass is 278 g/mol. The second-order valence-corrected chi connectivity index (χ2v) is 5.01. The van der Waals surface area contributed by atoms with Crippen LogP contribution in [0.3, 0.4) is 0 Å². The standard InChI is InChI=1S/C11H10.C8H10.C2H6/c1-9-6-7-10-4-2-3-5-11(10)8-9;1-7-3-5-8(2)6-4-7;1-2/h2-8H,1H3;3-6H,1-2H3;1-2H3. The molecule has 0 saturated carbocycles. The van der Waals surface area contributed by atoms with Crippen molar-refractivity contribution < 1.29 is 0 Å². The second kappa shape index (κ2) is 8.97. The van der Waals surface area contributed by atoms with Crippen LogP contribution in [0, 0.1) is 20.8 Å². The molecule has 0 heteroatoms. The molecule has 0 spiro atoms. The van der Waals surface area contributed by atoms with E-state index in [0.29, 0.717) is 0 Å². The van der Waals surface area contributed by atoms with Crippen LogP contribution in [-0.2, 0) is 0 Å². The zero-order valence-corrected chi connectivity index (χ0v) is 13.9. The highest BCUT2D eigenvalue weighted by atomic mass is 13.9. The Balaban J connectivity index is 0.000000196. The Labute approximate surface area is 129 Å². The van der Waals surface area contributed by atoms with Gasteiger partial charge < -0.3 is 0 Å². The fraction of sp³-hybridized carbons (Fsp3) is 0.238. The van der Waals surface area contributed by atoms with E-state index in [2.05, 4.69) is 87.5 Å². The van der Waals surface area contributed by atoms with Crippen molar-refractivity contribution in [2.75, 3.05) is 0 Å². The van der Waals surface area contributed by atoms with Crippen LogP contribution in [0.4, 0.5) is 0 Å². The van der Waals surface area contributed by atoms with Gasteiger partial charge in [-0.15, -0.1) is 0 Å². The van der Waals surface area contributed by atoms with Crippen LogP contribution < -0.4 is 0 Å². The molecule has 0 fully saturated rings. The lowest BCUT2D eigenvalue weighted by molar-refractivity contribution is 1.40. The normalized spacial score (nSPS) is 9.19. The highest BCUT2D eigenvalue weighted by Gasteiger charge is 1.89. The maximum Gasteiger partial charge on any atom is -0.0181 e. The number of fused-ring (bicyclic) bond motifs is 1. The van der Waals surface area contributed by atoms with E-state index in [1.807, 2.05) is 13.8 Å². The zero-order valence-electron chi connectivity index (χ0n) is 13.9. The molecule has 0 heterocycles. The molecule has 0 atom stereocenters. The van der Waals surface area contributed by atoms with Crippen LogP contribution in [0.5, 0.6) is 0 Å². The predicted octanol–water partition coefficient (Wildman–Crippen LogP) is 6.48. The summed E-state index contributed by atoms with van der Waals surface area (Å²) in [4.78, 5) is 0. The fourth-order valence-corrected chi connectivity index (χ4v) is 1.95. The molecule has 0 saturated heterocycles. The number of hydrogen-bond donors (Lipinski definition) is 0. The van der Waals surface area contributed by atoms with Crippen LogP contribution in [0.25, 0.3) is 10.8 Å². The summed E-state index contributed by atoms with van der Waals surface area (Å²) in [5, 5.41) is 2.64. The second-order valence-electron chi connectivity index (χ2n) is 5.01. The lowest BCUT2D eigenvalue weighted by Crippen LogP contribution is -1.73. The largest absolute Gasteiger partial charge is 0.0683 e. The van der Waals surface area contributed by atoms with Crippen LogP contribution in [0.1, 0.15) is 30.5 Å². The summed E-state index contributed by atoms with van der Waals surface area (Å²) in [5.41, 5.74) is 3.98. The molecule has 0 unspecified atom stereocenters. The number of rotatable bonds is 0. The number of hydrogen-bond acceptors (Lipinski definition) is 0. The fourth-order valence-electron chi connectivity index (χ4n) is 1.95. The molecule has 110 valence electrons. The minimum Gasteiger partial charge on any atom is -0.0683 e. The molecule has 3 rings (SSSR count). The Bertz CT molecular complexity index is 627. The highest BCUT2D eigenvalue weighted by molar-refractivity contribution is 5.82. The van der Waals surface area contributed by atoms with E-state index in [0.717, 1.165) is 0 Å². The summed E-state index contributed by atoms with van der Waals surface area (Å²) in [6, 6.07) is 23.4. The molecule has 0 amide bonds. The number of aryl methyl sites for hydroxylation is 3. The maximum absolute atomic E-state index is 2.20. The van der Waals surface area contributed by atoms with Gasteiger partial charge in [-0.05, 0) is 31.5 Å². The molecular formula is C21H26. The van der Waals surface area contributed by atoms with Crippen LogP contribution in [-0.4, -0.2) is 0 Å². The quantitative estimate of drug-likeness (QED) is 0.441. The molecule has 0 N–H and O–H groups in total. The van der Waals surface area contributed by atoms with Gasteiger partial charge in [0.2, 0.25) is 0 Å². The third-order valence-corrected chi connectivity index (χ3v) is 3.12. The van der Waals surface area contributed by atoms with Crippen molar-refractivity contribution in [3.63, 3.8) is 0 Å². The molecule has 3 aromatic carbocycles. The van der Waals surface area contributed by atoms with Gasteiger partial charge in [0.25, 0.3) is 0 Å². The summed E-state index contributed by atoms with van der Waals surface area (Å²) in [5.74, 6) is 0. The van der Waals surface area contributed by atoms with E-state index >= 15 is 0 Å². The van der Waals surface area contributed by atoms with Crippen LogP contribution >= 0.6 is 0 Å². The minimum atomic E-state index is 1.32. The summed E-state index contributed by atoms with van der Waals surface area (Å²) >= 11 is 0. The first kappa shape index (κ1) is 17.0. The van der Waals surface area contributed by atoms with Crippen molar-refractivity contribution in [1.82, 2.24) is 0 Å². The summed E-state index contributed by atoms with van der Waals surface area (Å²) in [6.07, 6.45) is 0. The molecule has 3 aromatic rings. The lowest BCUT2D eigenvalue weighted by atomic mass is 10.1. The van der Waals surface area contributed by atoms with Crippen LogP contribution in [0.15, 0.2) is 66.7 Å². The van der Waals surface area contributed by atoms with Gasteiger partial charge in [0, 0.05) is 0 Å². The van der Waals surface area contributed by atoms with Crippen molar-refractivity contribution in [2.24, 2.45) is 0 Å². The summed E-state index contributed by atoms with van der Waals surface area (Å²) in [6.45, 7) is 10.3. The Morgan fingerprint density at radius 1 is 0.476 bits per heavy atom. The molecule has 0 aliphatic rings. The third-order valence-electron chi connectivity index (χ3n) is 3.12. The van der Waals surface area contributed by atoms with E-state index in [9.17, 15) is 0 Å². The first-order valence-corrected chi connectivity index (χ1v) is 7.64. The lowest BCUT2D eigenvalue weighted by Gasteiger charge is -1.96. The maximum atomic E-state index is 2.20. The van der Waals surface area contributed by atoms with Gasteiger partial charge in [0.05, 0.1) is 0 Å². The van der Waals surface area contributed by atoms with Gasteiger partial charge in [-0.2, -0.15) is 0 Å². The molecular weight excluding hydrogens is 252 g/mol. The predicted molar refractivity (Wildman–Crippen MR) is 95.9 cm³/mol. The van der Waals surface area contributed by atoms with Crippen molar-refractivity contribution in [3.05, 3.63) is 83.4 Å². The van der Waals surface area contributed by atoms with Crippen molar-refractivity contribution in [2.45, 2.75) is 34.6 Å². The van der Waals surface area contributed by atoms with E-state index in [1.54, 1.807) is 0 Å². The Morgan fingerprint density at radius 2 is 0.905 bits per heavy atom. The van der Waals surface area contributed by atoms with Crippen LogP contribution in [0.2, 0.25) is 0 Å². The Kier molecular flexibility index (Phi) is 7.25. The smallest absolute Gasteiger partial charge is 0.0181 e. The molecule has 0 aliphatic heterocycles. The number of benzene rings is 3. The van der Waals surface area contributed by atoms with E-state index in [-0.39, 0.29) is 0 Å². The van der Waals surface area contributed by atoms with Gasteiger partial charge >= 0.3 is 0 Å². The molecule has 0 bridgehead atoms. The average Bonchev–Trinajstić information content (AvgIpc) is 2.53. The average molecular weight is 278 g/mol. The van der Waals surface area contributed by atoms with Gasteiger partial charge in [-0.1, -0.05) is 97.3 Å². The van der Waals surface area contributed by atoms with Gasteiger partial charge in [0.15, 0.2) is 0 Å². The Morgan fingerprint density at radius 3 is 1.43 bits per heavy atom. The topological polar surface area (TPSA) is 0 Å². The summed E-state index contributed by atoms with van der Waals surface area (Å²) in [7, 11) is 0. The molecule has 0 aromatic heterocycles. The molecule has 0 aliphatic carbocycles. The molecule has 0 radical (unpaired) electrons. The van der Waals surface area contributed by atoms with Gasteiger partial charge in [-0.3, -0.25) is 0 Å². The first-order valence-electron chi connectivity index (χ1n) is 7.64. The van der Waals surface area contributed by atoms with E-state index < -0.39 is 0 Å². The van der Waals surface area contributed by atoms with Gasteiger partial charge in [0.1, 0.15) is 0 Å². The SMILES string of the molecule is CC.Cc1ccc(C)cc1.Cc1ccc2ccccc2c1. The highest BCUT2D eigenvalue weighted by Crippen LogP contribution is 2.14. The summed E-state index contributed by atoms with van der Waals surface area (Å²) < 4.78 is 0. The van der Waals surface area contributed by atoms with Gasteiger partial charge in [-0.25, -0.2) is 0 Å². The van der Waals surface area contributed by atoms with E-state index in [1.165, 1.54) is 27.5 Å². The van der Waals surface area contributed by atoms with Crippen molar-refractivity contribution in [3.8, 4) is 0 Å². The van der Waals surface area contributed by atoms with Crippen molar-refractivity contribution in [1.29, 1.82) is 0 Å². The third kappa shape index (κ3) is 5.83. The zero-order chi connectivity index (χ0) is 15.7. The Hall–Kier alpha value is -2.08. The van der Waals surface area contributed by atoms with E-state index in [4.69, 9.17) is 0 Å². The minimum absolute atomic E-state index is 1.32.